The Morgan fingerprint density at radius 3 is 3.07 bits per heavy atom. The number of rotatable bonds is 4. The molecule has 76 valence electrons. The molecule has 0 saturated heterocycles. The van der Waals surface area contributed by atoms with Crippen LogP contribution < -0.4 is 11.1 Å². The zero-order valence-corrected chi connectivity index (χ0v) is 7.90. The minimum absolute atomic E-state index is 0.0356. The third-order valence-electron chi connectivity index (χ3n) is 1.46. The zero-order valence-electron chi connectivity index (χ0n) is 7.14. The number of hydrogen-bond acceptors (Lipinski definition) is 5. The minimum Gasteiger partial charge on any atom is -0.381 e. The fourth-order valence-corrected chi connectivity index (χ4v) is 0.909. The molecule has 0 bridgehead atoms. The molecule has 6 nitrogen and oxygen atoms in total. The number of carbonyl (C=O) groups is 1. The van der Waals surface area contributed by atoms with E-state index in [1.807, 2.05) is 0 Å². The third-order valence-corrected chi connectivity index (χ3v) is 1.74. The third kappa shape index (κ3) is 2.82. The van der Waals surface area contributed by atoms with Crippen LogP contribution in [0.1, 0.15) is 0 Å². The Kier molecular flexibility index (Phi) is 3.61. The Balaban J connectivity index is 2.54. The standard InChI is InChI=1S/C7H9ClN4O2/c8-4-1-10-3-12-7(4)11-2-5(13)6(9)14/h1,3,5,13H,2H2,(H2,9,14)(H,10,11,12). The number of primary amides is 1. The summed E-state index contributed by atoms with van der Waals surface area (Å²) in [4.78, 5) is 17.9. The van der Waals surface area contributed by atoms with Crippen molar-refractivity contribution in [2.24, 2.45) is 5.73 Å². The summed E-state index contributed by atoms with van der Waals surface area (Å²) in [5.41, 5.74) is 4.84. The fraction of sp³-hybridized carbons (Fsp3) is 0.286. The monoisotopic (exact) mass is 216 g/mol. The largest absolute Gasteiger partial charge is 0.381 e. The van der Waals surface area contributed by atoms with Crippen LogP contribution in [0.5, 0.6) is 0 Å². The predicted molar refractivity (Wildman–Crippen MR) is 50.7 cm³/mol. The average Bonchev–Trinajstić information content (AvgIpc) is 2.16. The molecule has 4 N–H and O–H groups in total. The Hall–Kier alpha value is -1.40. The molecule has 1 unspecified atom stereocenters. The van der Waals surface area contributed by atoms with Crippen LogP contribution in [0.15, 0.2) is 12.5 Å². The number of aromatic nitrogens is 2. The summed E-state index contributed by atoms with van der Waals surface area (Å²) in [6.07, 6.45) is 1.43. The van der Waals surface area contributed by atoms with Crippen LogP contribution >= 0.6 is 11.6 Å². The van der Waals surface area contributed by atoms with Crippen molar-refractivity contribution in [1.29, 1.82) is 0 Å². The molecular weight excluding hydrogens is 208 g/mol. The quantitative estimate of drug-likeness (QED) is 0.623. The van der Waals surface area contributed by atoms with Gasteiger partial charge in [0, 0.05) is 0 Å². The van der Waals surface area contributed by atoms with E-state index in [1.165, 1.54) is 12.5 Å². The summed E-state index contributed by atoms with van der Waals surface area (Å²) in [6, 6.07) is 0. The lowest BCUT2D eigenvalue weighted by Gasteiger charge is -2.09. The molecule has 1 aromatic heterocycles. The highest BCUT2D eigenvalue weighted by molar-refractivity contribution is 6.32. The number of amides is 1. The highest BCUT2D eigenvalue weighted by atomic mass is 35.5. The number of halogens is 1. The summed E-state index contributed by atoms with van der Waals surface area (Å²) >= 11 is 5.70. The smallest absolute Gasteiger partial charge is 0.248 e. The van der Waals surface area contributed by atoms with E-state index in [4.69, 9.17) is 22.4 Å². The Labute approximate surface area is 85.1 Å². The molecule has 0 aliphatic heterocycles. The van der Waals surface area contributed by atoms with Gasteiger partial charge in [0.25, 0.3) is 0 Å². The summed E-state index contributed by atoms with van der Waals surface area (Å²) < 4.78 is 0. The molecule has 0 fully saturated rings. The fourth-order valence-electron chi connectivity index (χ4n) is 0.737. The van der Waals surface area contributed by atoms with Crippen LogP contribution in [0.4, 0.5) is 5.82 Å². The molecule has 0 aliphatic rings. The van der Waals surface area contributed by atoms with Crippen molar-refractivity contribution in [3.8, 4) is 0 Å². The first kappa shape index (κ1) is 10.7. The second-order valence-electron chi connectivity index (χ2n) is 2.52. The van der Waals surface area contributed by atoms with Gasteiger partial charge in [0.05, 0.1) is 12.7 Å². The minimum atomic E-state index is -1.26. The molecule has 1 amide bonds. The van der Waals surface area contributed by atoms with Crippen molar-refractivity contribution in [1.82, 2.24) is 9.97 Å². The molecule has 0 aliphatic carbocycles. The van der Waals surface area contributed by atoms with Crippen molar-refractivity contribution >= 4 is 23.3 Å². The maximum atomic E-state index is 10.5. The Morgan fingerprint density at radius 1 is 1.79 bits per heavy atom. The normalized spacial score (nSPS) is 12.1. The summed E-state index contributed by atoms with van der Waals surface area (Å²) in [5, 5.41) is 12.0. The van der Waals surface area contributed by atoms with E-state index in [-0.39, 0.29) is 6.54 Å². The van der Waals surface area contributed by atoms with Gasteiger partial charge in [0.15, 0.2) is 0 Å². The summed E-state index contributed by atoms with van der Waals surface area (Å²) in [5.74, 6) is -0.454. The van der Waals surface area contributed by atoms with Gasteiger partial charge in [-0.05, 0) is 0 Å². The first-order chi connectivity index (χ1) is 6.61. The van der Waals surface area contributed by atoms with Crippen LogP contribution in [0.3, 0.4) is 0 Å². The lowest BCUT2D eigenvalue weighted by molar-refractivity contribution is -0.125. The van der Waals surface area contributed by atoms with Crippen molar-refractivity contribution in [2.75, 3.05) is 11.9 Å². The van der Waals surface area contributed by atoms with Crippen LogP contribution in [-0.4, -0.2) is 33.6 Å². The molecule has 0 aromatic carbocycles. The van der Waals surface area contributed by atoms with Crippen molar-refractivity contribution in [2.45, 2.75) is 6.10 Å². The molecule has 14 heavy (non-hydrogen) atoms. The lowest BCUT2D eigenvalue weighted by atomic mass is 10.3. The van der Waals surface area contributed by atoms with Crippen molar-refractivity contribution in [3.63, 3.8) is 0 Å². The van der Waals surface area contributed by atoms with E-state index in [1.54, 1.807) is 0 Å². The Bertz CT molecular complexity index is 333. The van der Waals surface area contributed by atoms with E-state index >= 15 is 0 Å². The summed E-state index contributed by atoms with van der Waals surface area (Å²) in [6.45, 7) is -0.0356. The molecule has 0 saturated carbocycles. The topological polar surface area (TPSA) is 101 Å². The average molecular weight is 217 g/mol. The molecular formula is C7H9ClN4O2. The maximum Gasteiger partial charge on any atom is 0.248 e. The number of nitrogens with two attached hydrogens (primary N) is 1. The van der Waals surface area contributed by atoms with Crippen LogP contribution in [-0.2, 0) is 4.79 Å². The van der Waals surface area contributed by atoms with E-state index < -0.39 is 12.0 Å². The maximum absolute atomic E-state index is 10.5. The van der Waals surface area contributed by atoms with Gasteiger partial charge in [0.2, 0.25) is 5.91 Å². The van der Waals surface area contributed by atoms with Gasteiger partial charge in [0.1, 0.15) is 23.3 Å². The van der Waals surface area contributed by atoms with Crippen molar-refractivity contribution in [3.05, 3.63) is 17.5 Å². The van der Waals surface area contributed by atoms with Gasteiger partial charge in [-0.2, -0.15) is 0 Å². The van der Waals surface area contributed by atoms with Gasteiger partial charge in [-0.25, -0.2) is 9.97 Å². The van der Waals surface area contributed by atoms with E-state index in [2.05, 4.69) is 15.3 Å². The number of hydrogen-bond donors (Lipinski definition) is 3. The molecule has 7 heteroatoms. The molecule has 0 spiro atoms. The lowest BCUT2D eigenvalue weighted by Crippen LogP contribution is -2.34. The highest BCUT2D eigenvalue weighted by Crippen LogP contribution is 2.15. The van der Waals surface area contributed by atoms with Gasteiger partial charge in [-0.1, -0.05) is 11.6 Å². The number of nitrogens with zero attached hydrogens (tertiary/aromatic N) is 2. The van der Waals surface area contributed by atoms with E-state index in [0.717, 1.165) is 0 Å². The molecule has 1 heterocycles. The molecule has 1 rings (SSSR count). The van der Waals surface area contributed by atoms with Gasteiger partial charge in [-0.15, -0.1) is 0 Å². The van der Waals surface area contributed by atoms with E-state index in [0.29, 0.717) is 10.8 Å². The predicted octanol–water partition coefficient (Wildman–Crippen LogP) is -0.612. The zero-order chi connectivity index (χ0) is 10.6. The number of aliphatic hydroxyl groups excluding tert-OH is 1. The number of aliphatic hydroxyl groups is 1. The Morgan fingerprint density at radius 2 is 2.50 bits per heavy atom. The molecule has 0 radical (unpaired) electrons. The van der Waals surface area contributed by atoms with Gasteiger partial charge in [-0.3, -0.25) is 4.79 Å². The SMILES string of the molecule is NC(=O)C(O)CNc1ncncc1Cl. The number of nitrogens with one attached hydrogen (secondary N) is 1. The number of anilines is 1. The highest BCUT2D eigenvalue weighted by Gasteiger charge is 2.11. The van der Waals surface area contributed by atoms with Crippen LogP contribution in [0.2, 0.25) is 5.02 Å². The first-order valence-electron chi connectivity index (χ1n) is 3.78. The molecule has 1 atom stereocenters. The molecule has 1 aromatic rings. The van der Waals surface area contributed by atoms with Crippen molar-refractivity contribution < 1.29 is 9.90 Å². The second-order valence-corrected chi connectivity index (χ2v) is 2.93. The van der Waals surface area contributed by atoms with Gasteiger partial charge >= 0.3 is 0 Å². The van der Waals surface area contributed by atoms with Crippen LogP contribution in [0.25, 0.3) is 0 Å². The van der Waals surface area contributed by atoms with Crippen LogP contribution in [0, 0.1) is 0 Å². The second kappa shape index (κ2) is 4.73. The first-order valence-corrected chi connectivity index (χ1v) is 4.16. The van der Waals surface area contributed by atoms with E-state index in [9.17, 15) is 4.79 Å². The summed E-state index contributed by atoms with van der Waals surface area (Å²) in [7, 11) is 0. The number of carbonyl (C=O) groups excluding carboxylic acids is 1. The van der Waals surface area contributed by atoms with Gasteiger partial charge < -0.3 is 16.2 Å².